The number of hydrogen-bond donors (Lipinski definition) is 1. The summed E-state index contributed by atoms with van der Waals surface area (Å²) in [5.74, 6) is 0.582. The highest BCUT2D eigenvalue weighted by Crippen LogP contribution is 2.26. The smallest absolute Gasteiger partial charge is 0.255 e. The summed E-state index contributed by atoms with van der Waals surface area (Å²) >= 11 is 0. The summed E-state index contributed by atoms with van der Waals surface area (Å²) < 4.78 is 5.82. The Morgan fingerprint density at radius 2 is 1.74 bits per heavy atom. The van der Waals surface area contributed by atoms with E-state index in [0.29, 0.717) is 12.2 Å². The molecule has 1 fully saturated rings. The first-order valence-corrected chi connectivity index (χ1v) is 11.8. The molecule has 34 heavy (non-hydrogen) atoms. The number of aromatic nitrogens is 1. The largest absolute Gasteiger partial charge is 0.489 e. The van der Waals surface area contributed by atoms with Crippen LogP contribution in [0.3, 0.4) is 0 Å². The lowest BCUT2D eigenvalue weighted by molar-refractivity contribution is 0.102. The Morgan fingerprint density at radius 1 is 0.971 bits per heavy atom. The Bertz CT molecular complexity index is 1280. The van der Waals surface area contributed by atoms with Crippen molar-refractivity contribution in [1.29, 1.82) is 0 Å². The molecule has 5 rings (SSSR count). The number of carbonyl (C=O) groups excluding carboxylic acids is 1. The number of benzene rings is 3. The third-order valence-electron chi connectivity index (χ3n) is 6.38. The lowest BCUT2D eigenvalue weighted by Crippen LogP contribution is -2.18. The molecule has 172 valence electrons. The van der Waals surface area contributed by atoms with E-state index in [-0.39, 0.29) is 5.91 Å². The number of carbonyl (C=O) groups is 1. The fraction of sp³-hybridized carbons (Fsp3) is 0.241. The minimum absolute atomic E-state index is 0.150. The number of fused-ring (bicyclic) bond motifs is 1. The van der Waals surface area contributed by atoms with Crippen LogP contribution in [0.5, 0.6) is 5.75 Å². The number of amides is 1. The van der Waals surface area contributed by atoms with E-state index in [1.807, 2.05) is 67.7 Å². The van der Waals surface area contributed by atoms with E-state index in [1.54, 1.807) is 12.1 Å². The van der Waals surface area contributed by atoms with Gasteiger partial charge >= 0.3 is 0 Å². The third kappa shape index (κ3) is 5.10. The van der Waals surface area contributed by atoms with Crippen LogP contribution in [-0.4, -0.2) is 28.9 Å². The van der Waals surface area contributed by atoms with Gasteiger partial charge in [-0.1, -0.05) is 36.4 Å². The van der Waals surface area contributed by atoms with Crippen molar-refractivity contribution in [3.63, 3.8) is 0 Å². The number of rotatable bonds is 7. The second-order valence-electron chi connectivity index (χ2n) is 8.89. The van der Waals surface area contributed by atoms with Crippen LogP contribution in [-0.2, 0) is 13.2 Å². The zero-order valence-corrected chi connectivity index (χ0v) is 19.5. The Hall–Kier alpha value is -3.70. The zero-order valence-electron chi connectivity index (χ0n) is 19.5. The maximum absolute atomic E-state index is 12.9. The van der Waals surface area contributed by atoms with Crippen molar-refractivity contribution in [3.05, 3.63) is 101 Å². The van der Waals surface area contributed by atoms with E-state index in [1.165, 1.54) is 31.5 Å². The van der Waals surface area contributed by atoms with Crippen LogP contribution < -0.4 is 10.1 Å². The molecule has 1 saturated heterocycles. The number of nitrogens with zero attached hydrogens (tertiary/aromatic N) is 2. The molecule has 0 atom stereocenters. The van der Waals surface area contributed by atoms with E-state index in [9.17, 15) is 4.79 Å². The van der Waals surface area contributed by atoms with Gasteiger partial charge in [0.25, 0.3) is 5.91 Å². The molecule has 1 amide bonds. The van der Waals surface area contributed by atoms with Gasteiger partial charge in [-0.15, -0.1) is 0 Å². The molecule has 2 heterocycles. The second-order valence-corrected chi connectivity index (χ2v) is 8.89. The Labute approximate surface area is 200 Å². The van der Waals surface area contributed by atoms with Gasteiger partial charge in [-0.3, -0.25) is 14.7 Å². The number of likely N-dealkylation sites (tertiary alicyclic amines) is 1. The fourth-order valence-corrected chi connectivity index (χ4v) is 4.45. The molecule has 0 aliphatic carbocycles. The molecule has 0 saturated carbocycles. The summed E-state index contributed by atoms with van der Waals surface area (Å²) in [6.45, 7) is 5.79. The molecule has 5 heteroatoms. The standard InChI is InChI=1S/C29H29N3O2/c1-21-27(14-11-25-17-23(18-30-28(21)25)19-32-15-5-6-16-32)31-29(33)24-9-12-26(13-10-24)34-20-22-7-3-2-4-8-22/h2-4,7-14,17-18H,5-6,15-16,19-20H2,1H3,(H,31,33). The van der Waals surface area contributed by atoms with Crippen LogP contribution in [0.15, 0.2) is 79.0 Å². The minimum atomic E-state index is -0.150. The number of anilines is 1. The summed E-state index contributed by atoms with van der Waals surface area (Å²) in [5.41, 5.74) is 5.60. The molecule has 3 aromatic carbocycles. The first kappa shape index (κ1) is 22.1. The summed E-state index contributed by atoms with van der Waals surface area (Å²) in [6.07, 6.45) is 4.53. The van der Waals surface area contributed by atoms with Crippen LogP contribution in [0.1, 0.15) is 39.9 Å². The van der Waals surface area contributed by atoms with Gasteiger partial charge in [-0.05, 0) is 85.9 Å². The number of nitrogens with one attached hydrogen (secondary N) is 1. The van der Waals surface area contributed by atoms with E-state index in [4.69, 9.17) is 9.72 Å². The highest BCUT2D eigenvalue weighted by Gasteiger charge is 2.14. The van der Waals surface area contributed by atoms with Gasteiger partial charge in [-0.2, -0.15) is 0 Å². The predicted molar refractivity (Wildman–Crippen MR) is 136 cm³/mol. The van der Waals surface area contributed by atoms with Gasteiger partial charge in [-0.25, -0.2) is 0 Å². The first-order valence-electron chi connectivity index (χ1n) is 11.8. The highest BCUT2D eigenvalue weighted by molar-refractivity contribution is 6.06. The SMILES string of the molecule is Cc1c(NC(=O)c2ccc(OCc3ccccc3)cc2)ccc2cc(CN3CCCC3)cnc12. The highest BCUT2D eigenvalue weighted by atomic mass is 16.5. The molecule has 1 N–H and O–H groups in total. The van der Waals surface area contributed by atoms with Gasteiger partial charge in [0.1, 0.15) is 12.4 Å². The van der Waals surface area contributed by atoms with Crippen LogP contribution >= 0.6 is 0 Å². The van der Waals surface area contributed by atoms with Crippen molar-refractivity contribution in [1.82, 2.24) is 9.88 Å². The maximum atomic E-state index is 12.9. The summed E-state index contributed by atoms with van der Waals surface area (Å²) in [7, 11) is 0. The Kier molecular flexibility index (Phi) is 6.54. The average Bonchev–Trinajstić information content (AvgIpc) is 3.38. The molecule has 1 aromatic heterocycles. The van der Waals surface area contributed by atoms with Crippen LogP contribution in [0.25, 0.3) is 10.9 Å². The summed E-state index contributed by atoms with van der Waals surface area (Å²) in [6, 6.07) is 23.5. The van der Waals surface area contributed by atoms with E-state index in [2.05, 4.69) is 16.3 Å². The maximum Gasteiger partial charge on any atom is 0.255 e. The van der Waals surface area contributed by atoms with Crippen molar-refractivity contribution in [2.24, 2.45) is 0 Å². The van der Waals surface area contributed by atoms with E-state index in [0.717, 1.165) is 40.0 Å². The molecule has 4 aromatic rings. The van der Waals surface area contributed by atoms with Crippen molar-refractivity contribution < 1.29 is 9.53 Å². The van der Waals surface area contributed by atoms with Gasteiger partial charge in [0.2, 0.25) is 0 Å². The lowest BCUT2D eigenvalue weighted by Gasteiger charge is -2.15. The number of pyridine rings is 1. The fourth-order valence-electron chi connectivity index (χ4n) is 4.45. The van der Waals surface area contributed by atoms with E-state index >= 15 is 0 Å². The third-order valence-corrected chi connectivity index (χ3v) is 6.38. The number of aryl methyl sites for hydroxylation is 1. The zero-order chi connectivity index (χ0) is 23.3. The quantitative estimate of drug-likeness (QED) is 0.376. The molecule has 1 aliphatic rings. The van der Waals surface area contributed by atoms with Crippen molar-refractivity contribution in [3.8, 4) is 5.75 Å². The topological polar surface area (TPSA) is 54.5 Å². The molecule has 1 aliphatic heterocycles. The summed E-state index contributed by atoms with van der Waals surface area (Å²) in [4.78, 5) is 20.1. The van der Waals surface area contributed by atoms with Gasteiger partial charge in [0.15, 0.2) is 0 Å². The van der Waals surface area contributed by atoms with Gasteiger partial charge < -0.3 is 10.1 Å². The second kappa shape index (κ2) is 10.1. The minimum Gasteiger partial charge on any atom is -0.489 e. The molecule has 0 bridgehead atoms. The number of hydrogen-bond acceptors (Lipinski definition) is 4. The Balaban J connectivity index is 1.24. The normalized spacial score (nSPS) is 13.8. The van der Waals surface area contributed by atoms with Crippen molar-refractivity contribution >= 4 is 22.5 Å². The molecule has 0 radical (unpaired) electrons. The molecule has 0 spiro atoms. The lowest BCUT2D eigenvalue weighted by atomic mass is 10.1. The monoisotopic (exact) mass is 451 g/mol. The van der Waals surface area contributed by atoms with Crippen LogP contribution in [0, 0.1) is 6.92 Å². The van der Waals surface area contributed by atoms with Crippen LogP contribution in [0.4, 0.5) is 5.69 Å². The molecule has 5 nitrogen and oxygen atoms in total. The van der Waals surface area contributed by atoms with E-state index < -0.39 is 0 Å². The summed E-state index contributed by atoms with van der Waals surface area (Å²) in [5, 5.41) is 4.15. The van der Waals surface area contributed by atoms with Gasteiger partial charge in [0, 0.05) is 29.4 Å². The molecular formula is C29H29N3O2. The predicted octanol–water partition coefficient (Wildman–Crippen LogP) is 5.97. The Morgan fingerprint density at radius 3 is 2.50 bits per heavy atom. The van der Waals surface area contributed by atoms with Crippen molar-refractivity contribution in [2.75, 3.05) is 18.4 Å². The average molecular weight is 452 g/mol. The first-order chi connectivity index (χ1) is 16.7. The molecular weight excluding hydrogens is 422 g/mol. The molecule has 0 unspecified atom stereocenters. The van der Waals surface area contributed by atoms with Crippen molar-refractivity contribution in [2.45, 2.75) is 32.9 Å². The number of ether oxygens (including phenoxy) is 1. The van der Waals surface area contributed by atoms with Crippen LogP contribution in [0.2, 0.25) is 0 Å². The van der Waals surface area contributed by atoms with Gasteiger partial charge in [0.05, 0.1) is 5.52 Å².